The van der Waals surface area contributed by atoms with Crippen molar-refractivity contribution in [3.63, 3.8) is 0 Å². The third kappa shape index (κ3) is 3.28. The number of benzene rings is 1. The summed E-state index contributed by atoms with van der Waals surface area (Å²) in [5, 5.41) is 0. The molecule has 0 amide bonds. The molecule has 0 aliphatic rings. The van der Waals surface area contributed by atoms with Crippen molar-refractivity contribution in [3.8, 4) is 5.88 Å². The number of methoxy groups -OCH3 is 1. The highest BCUT2D eigenvalue weighted by Gasteiger charge is 2.14. The molecule has 0 N–H and O–H groups in total. The van der Waals surface area contributed by atoms with Crippen LogP contribution in [-0.4, -0.2) is 32.6 Å². The number of aromatic nitrogens is 1. The lowest BCUT2D eigenvalue weighted by Crippen LogP contribution is -2.06. The van der Waals surface area contributed by atoms with Gasteiger partial charge in [0.1, 0.15) is 5.69 Å². The summed E-state index contributed by atoms with van der Waals surface area (Å²) in [6.07, 6.45) is 1.12. The first-order valence-corrected chi connectivity index (χ1v) is 8.08. The van der Waals surface area contributed by atoms with E-state index >= 15 is 0 Å². The molecule has 2 rings (SSSR count). The molecule has 0 saturated carbocycles. The molecule has 0 radical (unpaired) electrons. The Morgan fingerprint density at radius 2 is 1.71 bits per heavy atom. The fourth-order valence-electron chi connectivity index (χ4n) is 1.84. The van der Waals surface area contributed by atoms with Crippen LogP contribution in [0.3, 0.4) is 0 Å². The molecular formula is C15H15NO4S. The number of nitrogens with zero attached hydrogens (tertiary/aromatic N) is 1. The summed E-state index contributed by atoms with van der Waals surface area (Å²) < 4.78 is 27.9. The molecule has 2 aromatic rings. The van der Waals surface area contributed by atoms with E-state index in [9.17, 15) is 13.2 Å². The van der Waals surface area contributed by atoms with Crippen molar-refractivity contribution in [1.82, 2.24) is 4.98 Å². The molecule has 0 bridgehead atoms. The van der Waals surface area contributed by atoms with Gasteiger partial charge in [0.2, 0.25) is 11.7 Å². The normalized spacial score (nSPS) is 11.2. The smallest absolute Gasteiger partial charge is 0.216 e. The third-order valence-corrected chi connectivity index (χ3v) is 4.15. The predicted octanol–water partition coefficient (Wildman–Crippen LogP) is 2.03. The second-order valence-corrected chi connectivity index (χ2v) is 6.66. The summed E-state index contributed by atoms with van der Waals surface area (Å²) in [7, 11) is -1.78. The van der Waals surface area contributed by atoms with Gasteiger partial charge >= 0.3 is 0 Å². The molecule has 0 saturated heterocycles. The van der Waals surface area contributed by atoms with Gasteiger partial charge in [0.15, 0.2) is 9.84 Å². The minimum Gasteiger partial charge on any atom is -0.481 e. The highest BCUT2D eigenvalue weighted by molar-refractivity contribution is 7.90. The van der Waals surface area contributed by atoms with Crippen LogP contribution in [0.15, 0.2) is 41.3 Å². The highest BCUT2D eigenvalue weighted by Crippen LogP contribution is 2.18. The number of hydrogen-bond acceptors (Lipinski definition) is 5. The largest absolute Gasteiger partial charge is 0.481 e. The van der Waals surface area contributed by atoms with E-state index in [0.29, 0.717) is 11.4 Å². The molecule has 110 valence electrons. The SMILES string of the molecule is COc1nc(C(=O)c2ccc(S(C)(=O)=O)cc2)ccc1C. The number of aryl methyl sites for hydroxylation is 1. The highest BCUT2D eigenvalue weighted by atomic mass is 32.2. The minimum atomic E-state index is -3.27. The van der Waals surface area contributed by atoms with Crippen molar-refractivity contribution in [1.29, 1.82) is 0 Å². The first kappa shape index (κ1) is 15.2. The second kappa shape index (κ2) is 5.65. The summed E-state index contributed by atoms with van der Waals surface area (Å²) in [4.78, 5) is 16.6. The van der Waals surface area contributed by atoms with Gasteiger partial charge in [-0.05, 0) is 37.3 Å². The molecule has 6 heteroatoms. The van der Waals surface area contributed by atoms with E-state index in [-0.39, 0.29) is 16.4 Å². The van der Waals surface area contributed by atoms with Gasteiger partial charge in [-0.15, -0.1) is 0 Å². The van der Waals surface area contributed by atoms with Gasteiger partial charge in [0, 0.05) is 17.4 Å². The minimum absolute atomic E-state index is 0.175. The van der Waals surface area contributed by atoms with E-state index in [0.717, 1.165) is 11.8 Å². The molecule has 1 aromatic carbocycles. The van der Waals surface area contributed by atoms with Crippen LogP contribution >= 0.6 is 0 Å². The molecule has 0 fully saturated rings. The van der Waals surface area contributed by atoms with Gasteiger partial charge in [-0.2, -0.15) is 0 Å². The van der Waals surface area contributed by atoms with Crippen LogP contribution in [0.5, 0.6) is 5.88 Å². The molecular weight excluding hydrogens is 290 g/mol. The molecule has 1 aromatic heterocycles. The van der Waals surface area contributed by atoms with Gasteiger partial charge < -0.3 is 4.74 Å². The van der Waals surface area contributed by atoms with Crippen LogP contribution in [0, 0.1) is 6.92 Å². The van der Waals surface area contributed by atoms with Crippen molar-refractivity contribution in [3.05, 3.63) is 53.2 Å². The fourth-order valence-corrected chi connectivity index (χ4v) is 2.48. The quantitative estimate of drug-likeness (QED) is 0.808. The number of sulfone groups is 1. The first-order chi connectivity index (χ1) is 9.82. The van der Waals surface area contributed by atoms with Crippen molar-refractivity contribution < 1.29 is 17.9 Å². The topological polar surface area (TPSA) is 73.3 Å². The maximum atomic E-state index is 12.3. The lowest BCUT2D eigenvalue weighted by molar-refractivity contribution is 0.103. The third-order valence-electron chi connectivity index (χ3n) is 3.02. The van der Waals surface area contributed by atoms with Crippen molar-refractivity contribution >= 4 is 15.6 Å². The maximum absolute atomic E-state index is 12.3. The number of ether oxygens (including phenoxy) is 1. The number of ketones is 1. The van der Waals surface area contributed by atoms with E-state index in [1.54, 1.807) is 12.1 Å². The fraction of sp³-hybridized carbons (Fsp3) is 0.200. The van der Waals surface area contributed by atoms with Crippen LogP contribution in [-0.2, 0) is 9.84 Å². The van der Waals surface area contributed by atoms with Crippen molar-refractivity contribution in [2.45, 2.75) is 11.8 Å². The molecule has 1 heterocycles. The van der Waals surface area contributed by atoms with E-state index < -0.39 is 9.84 Å². The Balaban J connectivity index is 2.36. The van der Waals surface area contributed by atoms with Crippen molar-refractivity contribution in [2.24, 2.45) is 0 Å². The maximum Gasteiger partial charge on any atom is 0.216 e. The summed E-state index contributed by atoms with van der Waals surface area (Å²) >= 11 is 0. The molecule has 0 atom stereocenters. The van der Waals surface area contributed by atoms with Gasteiger partial charge in [-0.25, -0.2) is 13.4 Å². The van der Waals surface area contributed by atoms with Crippen molar-refractivity contribution in [2.75, 3.05) is 13.4 Å². The average molecular weight is 305 g/mol. The molecule has 0 aliphatic carbocycles. The Labute approximate surface area is 123 Å². The van der Waals surface area contributed by atoms with Gasteiger partial charge in [0.25, 0.3) is 0 Å². The van der Waals surface area contributed by atoms with Crippen LogP contribution in [0.2, 0.25) is 0 Å². The monoisotopic (exact) mass is 305 g/mol. The summed E-state index contributed by atoms with van der Waals surface area (Å²) in [6.45, 7) is 1.83. The van der Waals surface area contributed by atoms with E-state index in [4.69, 9.17) is 4.74 Å². The van der Waals surface area contributed by atoms with Gasteiger partial charge in [-0.3, -0.25) is 4.79 Å². The zero-order chi connectivity index (χ0) is 15.6. The van der Waals surface area contributed by atoms with Gasteiger partial charge in [-0.1, -0.05) is 6.07 Å². The Hall–Kier alpha value is -2.21. The molecule has 0 aliphatic heterocycles. The zero-order valence-corrected chi connectivity index (χ0v) is 12.8. The number of carbonyl (C=O) groups excluding carboxylic acids is 1. The van der Waals surface area contributed by atoms with Gasteiger partial charge in [0.05, 0.1) is 12.0 Å². The van der Waals surface area contributed by atoms with E-state index in [2.05, 4.69) is 4.98 Å². The van der Waals surface area contributed by atoms with Crippen LogP contribution in [0.4, 0.5) is 0 Å². The summed E-state index contributed by atoms with van der Waals surface area (Å²) in [5.74, 6) is 0.113. The lowest BCUT2D eigenvalue weighted by Gasteiger charge is -2.06. The molecule has 0 unspecified atom stereocenters. The van der Waals surface area contributed by atoms with E-state index in [1.807, 2.05) is 6.92 Å². The number of rotatable bonds is 4. The molecule has 0 spiro atoms. The average Bonchev–Trinajstić information content (AvgIpc) is 2.46. The summed E-state index contributed by atoms with van der Waals surface area (Å²) in [6, 6.07) is 9.15. The second-order valence-electron chi connectivity index (χ2n) is 4.65. The molecule has 5 nitrogen and oxygen atoms in total. The standard InChI is InChI=1S/C15H15NO4S/c1-10-4-9-13(16-15(10)20-2)14(17)11-5-7-12(8-6-11)21(3,18)19/h4-9H,1-3H3. The van der Waals surface area contributed by atoms with Crippen LogP contribution < -0.4 is 4.74 Å². The lowest BCUT2D eigenvalue weighted by atomic mass is 10.1. The molecule has 21 heavy (non-hydrogen) atoms. The summed E-state index contributed by atoms with van der Waals surface area (Å²) in [5.41, 5.74) is 1.46. The number of pyridine rings is 1. The Kier molecular flexibility index (Phi) is 4.09. The number of hydrogen-bond donors (Lipinski definition) is 0. The predicted molar refractivity (Wildman–Crippen MR) is 78.5 cm³/mol. The Bertz CT molecular complexity index is 780. The zero-order valence-electron chi connectivity index (χ0n) is 12.0. The van der Waals surface area contributed by atoms with Crippen LogP contribution in [0.1, 0.15) is 21.6 Å². The van der Waals surface area contributed by atoms with E-state index in [1.165, 1.54) is 31.4 Å². The van der Waals surface area contributed by atoms with Crippen LogP contribution in [0.25, 0.3) is 0 Å². The number of carbonyl (C=O) groups is 1. The Morgan fingerprint density at radius 3 is 2.24 bits per heavy atom. The first-order valence-electron chi connectivity index (χ1n) is 6.19. The Morgan fingerprint density at radius 1 is 1.10 bits per heavy atom.